The standard InChI is InChI=1S/C36H40ClN7O4S2/c1-21-28(27-8-4-5-9-31(27)43-21)17-32(44(2)36(46)30(40)19-39)34(45)42-20-25-15-24(22-10-12-26(13-11-22)50(3,47)48)16-29(37)33(25)49-35-23(18-38)7-6-14-41-35/h4-16,30,32,43H,17-20,38-40H2,1-3H3,(H,42,45)/t30-,32-/m0/s1. The van der Waals surface area contributed by atoms with Crippen LogP contribution in [0.5, 0.6) is 0 Å². The van der Waals surface area contributed by atoms with E-state index >= 15 is 0 Å². The van der Waals surface area contributed by atoms with Crippen molar-refractivity contribution in [1.29, 1.82) is 0 Å². The van der Waals surface area contributed by atoms with Gasteiger partial charge in [-0.15, -0.1) is 0 Å². The lowest BCUT2D eigenvalue weighted by molar-refractivity contribution is -0.139. The normalized spacial score (nSPS) is 12.9. The van der Waals surface area contributed by atoms with E-state index < -0.39 is 33.7 Å². The summed E-state index contributed by atoms with van der Waals surface area (Å²) in [6.45, 7) is 2.18. The first-order chi connectivity index (χ1) is 23.8. The van der Waals surface area contributed by atoms with E-state index in [9.17, 15) is 18.0 Å². The number of H-pyrrole nitrogens is 1. The van der Waals surface area contributed by atoms with Crippen LogP contribution in [0, 0.1) is 6.92 Å². The van der Waals surface area contributed by atoms with Crippen molar-refractivity contribution in [2.45, 2.75) is 53.3 Å². The summed E-state index contributed by atoms with van der Waals surface area (Å²) in [7, 11) is -1.83. The Morgan fingerprint density at radius 3 is 2.42 bits per heavy atom. The summed E-state index contributed by atoms with van der Waals surface area (Å²) in [6, 6.07) is 19.8. The molecule has 0 aliphatic rings. The van der Waals surface area contributed by atoms with E-state index in [0.717, 1.165) is 45.1 Å². The number of amides is 2. The highest BCUT2D eigenvalue weighted by Gasteiger charge is 2.31. The van der Waals surface area contributed by atoms with E-state index in [1.54, 1.807) is 43.6 Å². The highest BCUT2D eigenvalue weighted by molar-refractivity contribution is 7.99. The maximum absolute atomic E-state index is 14.2. The molecule has 8 N–H and O–H groups in total. The molecule has 0 aliphatic carbocycles. The van der Waals surface area contributed by atoms with Crippen molar-refractivity contribution >= 4 is 55.9 Å². The van der Waals surface area contributed by atoms with E-state index in [0.29, 0.717) is 20.5 Å². The average molecular weight is 734 g/mol. The number of sulfone groups is 1. The minimum Gasteiger partial charge on any atom is -0.358 e. The summed E-state index contributed by atoms with van der Waals surface area (Å²) in [5, 5.41) is 5.08. The van der Waals surface area contributed by atoms with Crippen LogP contribution >= 0.6 is 23.4 Å². The average Bonchev–Trinajstić information content (AvgIpc) is 3.43. The van der Waals surface area contributed by atoms with E-state index in [4.69, 9.17) is 28.8 Å². The molecule has 5 aromatic rings. The number of rotatable bonds is 13. The molecule has 0 unspecified atom stereocenters. The van der Waals surface area contributed by atoms with E-state index in [1.165, 1.54) is 16.7 Å². The lowest BCUT2D eigenvalue weighted by Crippen LogP contribution is -2.54. The number of halogens is 1. The lowest BCUT2D eigenvalue weighted by Gasteiger charge is -2.29. The fraction of sp³-hybridized carbons (Fsp3) is 0.250. The molecule has 11 nitrogen and oxygen atoms in total. The van der Waals surface area contributed by atoms with Crippen LogP contribution in [0.25, 0.3) is 22.0 Å². The number of hydrogen-bond donors (Lipinski definition) is 5. The molecule has 0 bridgehead atoms. The predicted octanol–water partition coefficient (Wildman–Crippen LogP) is 4.18. The second-order valence-electron chi connectivity index (χ2n) is 12.0. The van der Waals surface area contributed by atoms with Gasteiger partial charge >= 0.3 is 0 Å². The fourth-order valence-corrected chi connectivity index (χ4v) is 7.73. The van der Waals surface area contributed by atoms with Gasteiger partial charge in [0, 0.05) is 67.0 Å². The Bertz CT molecular complexity index is 2140. The van der Waals surface area contributed by atoms with Crippen LogP contribution in [0.15, 0.2) is 93.8 Å². The van der Waals surface area contributed by atoms with Gasteiger partial charge in [0.25, 0.3) is 0 Å². The van der Waals surface area contributed by atoms with Crippen molar-refractivity contribution in [3.8, 4) is 11.1 Å². The molecule has 0 saturated carbocycles. The highest BCUT2D eigenvalue weighted by atomic mass is 35.5. The Morgan fingerprint density at radius 1 is 1.02 bits per heavy atom. The number of hydrogen-bond acceptors (Lipinski definition) is 9. The highest BCUT2D eigenvalue weighted by Crippen LogP contribution is 2.40. The van der Waals surface area contributed by atoms with Gasteiger partial charge in [-0.25, -0.2) is 13.4 Å². The molecule has 0 fully saturated rings. The molecule has 14 heteroatoms. The van der Waals surface area contributed by atoms with Gasteiger partial charge in [0.2, 0.25) is 11.8 Å². The maximum atomic E-state index is 14.2. The molecule has 3 aromatic carbocycles. The zero-order valence-electron chi connectivity index (χ0n) is 27.9. The van der Waals surface area contributed by atoms with Crippen LogP contribution in [-0.2, 0) is 38.9 Å². The molecule has 5 rings (SSSR count). The van der Waals surface area contributed by atoms with Gasteiger partial charge in [0.05, 0.1) is 16.0 Å². The van der Waals surface area contributed by atoms with Crippen molar-refractivity contribution < 1.29 is 18.0 Å². The van der Waals surface area contributed by atoms with E-state index in [2.05, 4.69) is 15.3 Å². The lowest BCUT2D eigenvalue weighted by atomic mass is 10.00. The number of aryl methyl sites for hydroxylation is 1. The first kappa shape index (κ1) is 37.0. The summed E-state index contributed by atoms with van der Waals surface area (Å²) >= 11 is 8.29. The molecule has 0 saturated heterocycles. The Hall–Kier alpha value is -4.24. The van der Waals surface area contributed by atoms with E-state index in [-0.39, 0.29) is 31.0 Å². The quantitative estimate of drug-likeness (QED) is 0.118. The number of para-hydroxylation sites is 1. The van der Waals surface area contributed by atoms with Crippen molar-refractivity contribution in [2.24, 2.45) is 17.2 Å². The second-order valence-corrected chi connectivity index (χ2v) is 15.4. The fourth-order valence-electron chi connectivity index (χ4n) is 5.74. The van der Waals surface area contributed by atoms with Gasteiger partial charge in [-0.2, -0.15) is 0 Å². The molecule has 262 valence electrons. The maximum Gasteiger partial charge on any atom is 0.243 e. The summed E-state index contributed by atoms with van der Waals surface area (Å²) in [4.78, 5) is 37.6. The van der Waals surface area contributed by atoms with E-state index in [1.807, 2.05) is 49.4 Å². The summed E-state index contributed by atoms with van der Waals surface area (Å²) in [6.07, 6.45) is 3.05. The van der Waals surface area contributed by atoms with Crippen LogP contribution in [0.2, 0.25) is 5.02 Å². The number of aromatic nitrogens is 2. The van der Waals surface area contributed by atoms with Gasteiger partial charge < -0.3 is 32.4 Å². The minimum atomic E-state index is -3.39. The summed E-state index contributed by atoms with van der Waals surface area (Å²) < 4.78 is 24.1. The molecule has 0 spiro atoms. The number of nitrogens with zero attached hydrogens (tertiary/aromatic N) is 2. The van der Waals surface area contributed by atoms with Crippen molar-refractivity contribution in [3.63, 3.8) is 0 Å². The summed E-state index contributed by atoms with van der Waals surface area (Å²) in [5.41, 5.74) is 23.4. The van der Waals surface area contributed by atoms with Crippen LogP contribution in [0.4, 0.5) is 0 Å². The van der Waals surface area contributed by atoms with Crippen molar-refractivity contribution in [2.75, 3.05) is 19.8 Å². The monoisotopic (exact) mass is 733 g/mol. The molecular formula is C36H40ClN7O4S2. The van der Waals surface area contributed by atoms with Crippen LogP contribution in [0.1, 0.15) is 22.4 Å². The Kier molecular flexibility index (Phi) is 11.7. The van der Waals surface area contributed by atoms with Gasteiger partial charge in [-0.05, 0) is 71.1 Å². The molecule has 2 heterocycles. The molecule has 2 aromatic heterocycles. The first-order valence-corrected chi connectivity index (χ1v) is 18.9. The smallest absolute Gasteiger partial charge is 0.243 e. The largest absolute Gasteiger partial charge is 0.358 e. The topological polar surface area (TPSA) is 190 Å². The molecule has 0 aliphatic heterocycles. The number of benzene rings is 3. The van der Waals surface area contributed by atoms with Crippen molar-refractivity contribution in [1.82, 2.24) is 20.2 Å². The molecule has 2 amide bonds. The third kappa shape index (κ3) is 8.20. The molecule has 0 radical (unpaired) electrons. The number of aromatic amines is 1. The number of pyridine rings is 1. The number of carbonyl (C=O) groups is 2. The molecule has 50 heavy (non-hydrogen) atoms. The van der Waals surface area contributed by atoms with Crippen LogP contribution in [0.3, 0.4) is 0 Å². The van der Waals surface area contributed by atoms with Crippen molar-refractivity contribution in [3.05, 3.63) is 106 Å². The Balaban J connectivity index is 1.52. The van der Waals surface area contributed by atoms with Gasteiger partial charge in [0.15, 0.2) is 9.84 Å². The molecular weight excluding hydrogens is 694 g/mol. The van der Waals surface area contributed by atoms with Crippen LogP contribution in [-0.4, -0.2) is 67.0 Å². The number of nitrogens with two attached hydrogens (primary N) is 3. The minimum absolute atomic E-state index is 0.0509. The number of fused-ring (bicyclic) bond motifs is 1. The first-order valence-electron chi connectivity index (χ1n) is 15.8. The van der Waals surface area contributed by atoms with Gasteiger partial charge in [0.1, 0.15) is 11.1 Å². The van der Waals surface area contributed by atoms with Gasteiger partial charge in [-0.1, -0.05) is 59.8 Å². The third-order valence-corrected chi connectivity index (χ3v) is 11.4. The molecule has 2 atom stereocenters. The number of carbonyl (C=O) groups excluding carboxylic acids is 2. The van der Waals surface area contributed by atoms with Gasteiger partial charge in [-0.3, -0.25) is 9.59 Å². The zero-order chi connectivity index (χ0) is 36.2. The van der Waals surface area contributed by atoms with Crippen LogP contribution < -0.4 is 22.5 Å². The Morgan fingerprint density at radius 2 is 1.74 bits per heavy atom. The number of likely N-dealkylation sites (N-methyl/N-ethyl adjacent to an activating group) is 1. The third-order valence-electron chi connectivity index (χ3n) is 8.57. The number of nitrogens with one attached hydrogen (secondary N) is 2. The predicted molar refractivity (Wildman–Crippen MR) is 198 cm³/mol. The SMILES string of the molecule is Cc1[nH]c2ccccc2c1C[C@@H](C(=O)NCc1cc(-c2ccc(S(C)(=O)=O)cc2)cc(Cl)c1Sc1ncccc1CN)N(C)C(=O)[C@@H](N)CN. The summed E-state index contributed by atoms with van der Waals surface area (Å²) in [5.74, 6) is -0.848. The second kappa shape index (κ2) is 15.8. The zero-order valence-corrected chi connectivity index (χ0v) is 30.3. The Labute approximate surface area is 300 Å².